The number of benzene rings is 2. The van der Waals surface area contributed by atoms with Crippen LogP contribution in [0.3, 0.4) is 0 Å². The topological polar surface area (TPSA) is 104 Å². The lowest BCUT2D eigenvalue weighted by Crippen LogP contribution is -2.49. The van der Waals surface area contributed by atoms with Crippen molar-refractivity contribution in [1.29, 1.82) is 0 Å². The lowest BCUT2D eigenvalue weighted by atomic mass is 10.1. The highest BCUT2D eigenvalue weighted by molar-refractivity contribution is 5.97. The molecule has 1 saturated heterocycles. The van der Waals surface area contributed by atoms with Crippen LogP contribution in [0, 0.1) is 0 Å². The van der Waals surface area contributed by atoms with Gasteiger partial charge in [0.25, 0.3) is 5.91 Å². The quantitative estimate of drug-likeness (QED) is 0.449. The number of nitrogens with zero attached hydrogens (tertiary/aromatic N) is 2. The molecule has 0 spiro atoms. The van der Waals surface area contributed by atoms with E-state index >= 15 is 0 Å². The van der Waals surface area contributed by atoms with E-state index in [1.165, 1.54) is 0 Å². The summed E-state index contributed by atoms with van der Waals surface area (Å²) < 4.78 is 10.6. The fourth-order valence-corrected chi connectivity index (χ4v) is 3.28. The molecule has 2 aromatic carbocycles. The first-order valence-corrected chi connectivity index (χ1v) is 10.5. The summed E-state index contributed by atoms with van der Waals surface area (Å²) >= 11 is 0. The number of aliphatic imine (C=N–C) groups is 1. The maximum atomic E-state index is 12.6. The highest BCUT2D eigenvalue weighted by atomic mass is 16.5. The molecule has 3 rings (SSSR count). The van der Waals surface area contributed by atoms with E-state index in [0.717, 1.165) is 11.3 Å². The van der Waals surface area contributed by atoms with Gasteiger partial charge in [0.05, 0.1) is 27.3 Å². The Hall–Kier alpha value is -3.75. The summed E-state index contributed by atoms with van der Waals surface area (Å²) in [6.45, 7) is 4.23. The number of nitrogens with one attached hydrogen (secondary N) is 3. The van der Waals surface area contributed by atoms with E-state index in [1.807, 2.05) is 37.3 Å². The zero-order valence-corrected chi connectivity index (χ0v) is 18.6. The molecule has 32 heavy (non-hydrogen) atoms. The third-order valence-corrected chi connectivity index (χ3v) is 4.94. The molecule has 9 heteroatoms. The van der Waals surface area contributed by atoms with E-state index in [4.69, 9.17) is 9.47 Å². The van der Waals surface area contributed by atoms with Crippen molar-refractivity contribution in [3.63, 3.8) is 0 Å². The average Bonchev–Trinajstić information content (AvgIpc) is 2.82. The highest BCUT2D eigenvalue weighted by Crippen LogP contribution is 2.29. The van der Waals surface area contributed by atoms with Crippen molar-refractivity contribution in [3.8, 4) is 11.5 Å². The van der Waals surface area contributed by atoms with Crippen LogP contribution >= 0.6 is 0 Å². The number of piperazine rings is 1. The van der Waals surface area contributed by atoms with Crippen molar-refractivity contribution in [2.45, 2.75) is 13.5 Å². The van der Waals surface area contributed by atoms with Crippen LogP contribution in [0.5, 0.6) is 11.5 Å². The minimum atomic E-state index is -0.140. The Morgan fingerprint density at radius 2 is 1.88 bits per heavy atom. The van der Waals surface area contributed by atoms with Crippen molar-refractivity contribution >= 4 is 23.5 Å². The van der Waals surface area contributed by atoms with Gasteiger partial charge in [0, 0.05) is 37.0 Å². The normalized spacial score (nSPS) is 13.9. The summed E-state index contributed by atoms with van der Waals surface area (Å²) in [6, 6.07) is 12.8. The minimum Gasteiger partial charge on any atom is -0.493 e. The van der Waals surface area contributed by atoms with Gasteiger partial charge in [-0.05, 0) is 36.8 Å². The highest BCUT2D eigenvalue weighted by Gasteiger charge is 2.22. The van der Waals surface area contributed by atoms with Crippen LogP contribution < -0.4 is 25.4 Å². The van der Waals surface area contributed by atoms with Gasteiger partial charge in [0.15, 0.2) is 17.5 Å². The molecule has 3 N–H and O–H groups in total. The van der Waals surface area contributed by atoms with Crippen molar-refractivity contribution in [1.82, 2.24) is 15.5 Å². The number of amides is 2. The van der Waals surface area contributed by atoms with Gasteiger partial charge in [-0.1, -0.05) is 12.1 Å². The first-order chi connectivity index (χ1) is 15.5. The fraction of sp³-hybridized carbons (Fsp3) is 0.348. The van der Waals surface area contributed by atoms with Crippen molar-refractivity contribution in [2.75, 3.05) is 45.7 Å². The van der Waals surface area contributed by atoms with Gasteiger partial charge in [0.2, 0.25) is 5.91 Å². The maximum Gasteiger partial charge on any atom is 0.254 e. The lowest BCUT2D eigenvalue weighted by Gasteiger charge is -2.26. The summed E-state index contributed by atoms with van der Waals surface area (Å²) in [5.74, 6) is 1.63. The monoisotopic (exact) mass is 439 g/mol. The number of ether oxygens (including phenoxy) is 2. The second-order valence-corrected chi connectivity index (χ2v) is 7.16. The number of guanidine groups is 1. The first-order valence-electron chi connectivity index (χ1n) is 10.5. The zero-order chi connectivity index (χ0) is 22.9. The van der Waals surface area contributed by atoms with Gasteiger partial charge >= 0.3 is 0 Å². The van der Waals surface area contributed by atoms with Gasteiger partial charge in [0.1, 0.15) is 0 Å². The van der Waals surface area contributed by atoms with Crippen molar-refractivity contribution < 1.29 is 19.1 Å². The van der Waals surface area contributed by atoms with E-state index in [2.05, 4.69) is 20.9 Å². The standard InChI is InChI=1S/C23H29N5O4/c1-4-24-23(27-18-9-10-19(31-2)20(13-18)32-3)26-14-16-5-7-17(8-6-16)22(30)28-12-11-25-21(29)15-28/h5-10,13H,4,11-12,14-15H2,1-3H3,(H,25,29)(H2,24,26,27). The SMILES string of the molecule is CCNC(=NCc1ccc(C(=O)N2CCNC(=O)C2)cc1)Nc1ccc(OC)c(OC)c1. The van der Waals surface area contributed by atoms with Crippen LogP contribution in [0.2, 0.25) is 0 Å². The number of anilines is 1. The molecule has 170 valence electrons. The van der Waals surface area contributed by atoms with Crippen LogP contribution in [0.4, 0.5) is 5.69 Å². The second kappa shape index (κ2) is 11.0. The molecule has 9 nitrogen and oxygen atoms in total. The number of hydrogen-bond donors (Lipinski definition) is 3. The first kappa shape index (κ1) is 22.9. The molecule has 0 unspecified atom stereocenters. The number of hydrogen-bond acceptors (Lipinski definition) is 5. The number of carbonyl (C=O) groups is 2. The van der Waals surface area contributed by atoms with E-state index < -0.39 is 0 Å². The van der Waals surface area contributed by atoms with Gasteiger partial charge in [-0.2, -0.15) is 0 Å². The predicted octanol–water partition coefficient (Wildman–Crippen LogP) is 1.85. The molecule has 1 aliphatic heterocycles. The van der Waals surface area contributed by atoms with Crippen LogP contribution in [-0.4, -0.2) is 63.1 Å². The molecule has 1 aliphatic rings. The molecule has 1 fully saturated rings. The molecule has 0 aromatic heterocycles. The molecular weight excluding hydrogens is 410 g/mol. The molecule has 2 aromatic rings. The predicted molar refractivity (Wildman–Crippen MR) is 123 cm³/mol. The largest absolute Gasteiger partial charge is 0.493 e. The minimum absolute atomic E-state index is 0.0960. The van der Waals surface area contributed by atoms with Crippen molar-refractivity contribution in [2.24, 2.45) is 4.99 Å². The van der Waals surface area contributed by atoms with Crippen LogP contribution in [-0.2, 0) is 11.3 Å². The number of carbonyl (C=O) groups excluding carboxylic acids is 2. The van der Waals surface area contributed by atoms with Crippen LogP contribution in [0.1, 0.15) is 22.8 Å². The summed E-state index contributed by atoms with van der Waals surface area (Å²) in [6.07, 6.45) is 0. The fourth-order valence-electron chi connectivity index (χ4n) is 3.28. The Bertz CT molecular complexity index is 975. The maximum absolute atomic E-state index is 12.6. The third-order valence-electron chi connectivity index (χ3n) is 4.94. The van der Waals surface area contributed by atoms with Gasteiger partial charge in [-0.15, -0.1) is 0 Å². The molecule has 0 atom stereocenters. The van der Waals surface area contributed by atoms with Gasteiger partial charge in [-0.25, -0.2) is 4.99 Å². The summed E-state index contributed by atoms with van der Waals surface area (Å²) in [7, 11) is 3.19. The third kappa shape index (κ3) is 5.90. The van der Waals surface area contributed by atoms with Crippen molar-refractivity contribution in [3.05, 3.63) is 53.6 Å². The van der Waals surface area contributed by atoms with E-state index in [9.17, 15) is 9.59 Å². The Morgan fingerprint density at radius 3 is 2.53 bits per heavy atom. The molecule has 0 saturated carbocycles. The van der Waals surface area contributed by atoms with Gasteiger partial charge < -0.3 is 30.3 Å². The Labute approximate surface area is 187 Å². The molecule has 2 amide bonds. The average molecular weight is 440 g/mol. The molecular formula is C23H29N5O4. The van der Waals surface area contributed by atoms with Gasteiger partial charge in [-0.3, -0.25) is 9.59 Å². The van der Waals surface area contributed by atoms with Crippen LogP contribution in [0.25, 0.3) is 0 Å². The second-order valence-electron chi connectivity index (χ2n) is 7.16. The molecule has 0 aliphatic carbocycles. The Morgan fingerprint density at radius 1 is 1.12 bits per heavy atom. The molecule has 0 radical (unpaired) electrons. The summed E-state index contributed by atoms with van der Waals surface area (Å²) in [5, 5.41) is 9.19. The Balaban J connectivity index is 1.66. The van der Waals surface area contributed by atoms with Crippen LogP contribution in [0.15, 0.2) is 47.5 Å². The van der Waals surface area contributed by atoms with E-state index in [-0.39, 0.29) is 18.4 Å². The Kier molecular flexibility index (Phi) is 7.91. The number of rotatable bonds is 7. The molecule has 0 bridgehead atoms. The smallest absolute Gasteiger partial charge is 0.254 e. The van der Waals surface area contributed by atoms with E-state index in [1.54, 1.807) is 31.3 Å². The molecule has 1 heterocycles. The summed E-state index contributed by atoms with van der Waals surface area (Å²) in [5.41, 5.74) is 2.33. The lowest BCUT2D eigenvalue weighted by molar-refractivity contribution is -0.123. The van der Waals surface area contributed by atoms with E-state index in [0.29, 0.717) is 49.2 Å². The summed E-state index contributed by atoms with van der Waals surface area (Å²) in [4.78, 5) is 30.3. The number of methoxy groups -OCH3 is 2. The zero-order valence-electron chi connectivity index (χ0n) is 18.6.